The van der Waals surface area contributed by atoms with Gasteiger partial charge in [-0.3, -0.25) is 4.68 Å². The smallest absolute Gasteiger partial charge is 0.0835 e. The van der Waals surface area contributed by atoms with E-state index in [1.165, 1.54) is 12.8 Å². The van der Waals surface area contributed by atoms with Crippen LogP contribution in [0.25, 0.3) is 0 Å². The van der Waals surface area contributed by atoms with Gasteiger partial charge in [-0.05, 0) is 50.6 Å². The Morgan fingerprint density at radius 1 is 1.48 bits per heavy atom. The van der Waals surface area contributed by atoms with Crippen molar-refractivity contribution in [1.82, 2.24) is 15.1 Å². The fraction of sp³-hybridized carbons (Fsp3) is 0.824. The first-order valence-corrected chi connectivity index (χ1v) is 8.36. The van der Waals surface area contributed by atoms with Crippen molar-refractivity contribution in [2.75, 3.05) is 13.7 Å². The topological polar surface area (TPSA) is 39.1 Å². The van der Waals surface area contributed by atoms with Gasteiger partial charge in [0.05, 0.1) is 11.3 Å². The van der Waals surface area contributed by atoms with Crippen molar-refractivity contribution in [2.45, 2.75) is 64.0 Å². The molecular formula is C17H31N3O. The molecule has 0 bridgehead atoms. The molecule has 1 aromatic heterocycles. The van der Waals surface area contributed by atoms with Crippen molar-refractivity contribution in [2.24, 2.45) is 13.0 Å². The summed E-state index contributed by atoms with van der Waals surface area (Å²) in [6, 6.07) is 2.47. The van der Waals surface area contributed by atoms with Gasteiger partial charge in [0.25, 0.3) is 0 Å². The molecule has 1 saturated carbocycles. The van der Waals surface area contributed by atoms with E-state index >= 15 is 0 Å². The molecule has 4 heteroatoms. The van der Waals surface area contributed by atoms with Crippen LogP contribution in [-0.4, -0.2) is 35.1 Å². The first kappa shape index (κ1) is 16.5. The molecule has 0 amide bonds. The molecule has 0 spiro atoms. The Labute approximate surface area is 129 Å². The van der Waals surface area contributed by atoms with Crippen LogP contribution in [0.15, 0.2) is 12.3 Å². The highest BCUT2D eigenvalue weighted by Crippen LogP contribution is 2.37. The average molecular weight is 293 g/mol. The zero-order chi connectivity index (χ0) is 15.3. The molecule has 21 heavy (non-hydrogen) atoms. The number of rotatable bonds is 7. The molecule has 1 atom stereocenters. The number of ether oxygens (including phenoxy) is 1. The summed E-state index contributed by atoms with van der Waals surface area (Å²) in [6.07, 6.45) is 8.95. The third-order valence-corrected chi connectivity index (χ3v) is 4.99. The molecule has 1 aliphatic carbocycles. The van der Waals surface area contributed by atoms with Crippen LogP contribution >= 0.6 is 0 Å². The maximum Gasteiger partial charge on any atom is 0.0835 e. The van der Waals surface area contributed by atoms with Gasteiger partial charge in [-0.15, -0.1) is 0 Å². The van der Waals surface area contributed by atoms with Gasteiger partial charge in [-0.2, -0.15) is 5.10 Å². The standard InChI is InChI=1S/C17H31N3O/c1-5-11-18-16(13-15-8-12-20(3)19-15)17(21-4)9-6-14(2)7-10-17/h8,12,14,16,18H,5-7,9-11,13H2,1-4H3. The Bertz CT molecular complexity index is 421. The molecule has 0 aliphatic heterocycles. The van der Waals surface area contributed by atoms with Crippen molar-refractivity contribution < 1.29 is 4.74 Å². The Hall–Kier alpha value is -0.870. The van der Waals surface area contributed by atoms with E-state index in [1.807, 2.05) is 25.0 Å². The molecule has 120 valence electrons. The van der Waals surface area contributed by atoms with Gasteiger partial charge in [-0.1, -0.05) is 13.8 Å². The summed E-state index contributed by atoms with van der Waals surface area (Å²) in [7, 11) is 3.86. The predicted octanol–water partition coefficient (Wildman–Crippen LogP) is 2.93. The molecule has 1 heterocycles. The predicted molar refractivity (Wildman–Crippen MR) is 86.4 cm³/mol. The van der Waals surface area contributed by atoms with Crippen LogP contribution in [0.1, 0.15) is 51.6 Å². The highest BCUT2D eigenvalue weighted by Gasteiger charge is 2.41. The van der Waals surface area contributed by atoms with Crippen molar-refractivity contribution in [3.8, 4) is 0 Å². The first-order chi connectivity index (χ1) is 10.1. The third kappa shape index (κ3) is 4.07. The van der Waals surface area contributed by atoms with Crippen molar-refractivity contribution >= 4 is 0 Å². The van der Waals surface area contributed by atoms with Crippen molar-refractivity contribution in [1.29, 1.82) is 0 Å². The summed E-state index contributed by atoms with van der Waals surface area (Å²) < 4.78 is 7.95. The molecule has 0 radical (unpaired) electrons. The summed E-state index contributed by atoms with van der Waals surface area (Å²) in [5, 5.41) is 8.28. The largest absolute Gasteiger partial charge is 0.377 e. The number of hydrogen-bond donors (Lipinski definition) is 1. The Morgan fingerprint density at radius 3 is 2.71 bits per heavy atom. The van der Waals surface area contributed by atoms with Gasteiger partial charge in [0.15, 0.2) is 0 Å². The summed E-state index contributed by atoms with van der Waals surface area (Å²) in [4.78, 5) is 0. The number of aryl methyl sites for hydroxylation is 1. The second kappa shape index (κ2) is 7.41. The molecular weight excluding hydrogens is 262 g/mol. The second-order valence-electron chi connectivity index (χ2n) is 6.64. The number of aromatic nitrogens is 2. The number of methoxy groups -OCH3 is 1. The minimum absolute atomic E-state index is 0.0286. The summed E-state index contributed by atoms with van der Waals surface area (Å²) >= 11 is 0. The van der Waals surface area contributed by atoms with Crippen LogP contribution in [0, 0.1) is 5.92 Å². The maximum atomic E-state index is 6.07. The van der Waals surface area contributed by atoms with Crippen LogP contribution in [-0.2, 0) is 18.2 Å². The van der Waals surface area contributed by atoms with E-state index in [4.69, 9.17) is 4.74 Å². The second-order valence-corrected chi connectivity index (χ2v) is 6.64. The molecule has 1 aliphatic rings. The zero-order valence-electron chi connectivity index (χ0n) is 14.1. The summed E-state index contributed by atoms with van der Waals surface area (Å²) in [5.74, 6) is 0.829. The van der Waals surface area contributed by atoms with Crippen molar-refractivity contribution in [3.63, 3.8) is 0 Å². The van der Waals surface area contributed by atoms with Gasteiger partial charge in [-0.25, -0.2) is 0 Å². The zero-order valence-corrected chi connectivity index (χ0v) is 14.1. The molecule has 2 rings (SSSR count). The highest BCUT2D eigenvalue weighted by atomic mass is 16.5. The van der Waals surface area contributed by atoms with E-state index in [1.54, 1.807) is 0 Å². The van der Waals surface area contributed by atoms with E-state index in [2.05, 4.69) is 30.3 Å². The lowest BCUT2D eigenvalue weighted by Crippen LogP contribution is -2.55. The lowest BCUT2D eigenvalue weighted by atomic mass is 9.74. The van der Waals surface area contributed by atoms with Crippen LogP contribution in [0.3, 0.4) is 0 Å². The molecule has 0 saturated heterocycles. The van der Waals surface area contributed by atoms with Crippen LogP contribution in [0.2, 0.25) is 0 Å². The minimum atomic E-state index is -0.0286. The average Bonchev–Trinajstić information content (AvgIpc) is 2.90. The van der Waals surface area contributed by atoms with Gasteiger partial charge < -0.3 is 10.1 Å². The monoisotopic (exact) mass is 293 g/mol. The van der Waals surface area contributed by atoms with Gasteiger partial charge in [0.2, 0.25) is 0 Å². The van der Waals surface area contributed by atoms with Crippen LogP contribution in [0.5, 0.6) is 0 Å². The quantitative estimate of drug-likeness (QED) is 0.840. The van der Waals surface area contributed by atoms with E-state index in [0.29, 0.717) is 6.04 Å². The van der Waals surface area contributed by atoms with E-state index in [0.717, 1.165) is 43.8 Å². The molecule has 0 aromatic carbocycles. The molecule has 1 N–H and O–H groups in total. The van der Waals surface area contributed by atoms with Crippen molar-refractivity contribution in [3.05, 3.63) is 18.0 Å². The number of hydrogen-bond acceptors (Lipinski definition) is 3. The van der Waals surface area contributed by atoms with E-state index in [-0.39, 0.29) is 5.60 Å². The Kier molecular flexibility index (Phi) is 5.82. The molecule has 1 aromatic rings. The summed E-state index contributed by atoms with van der Waals surface area (Å²) in [6.45, 7) is 5.61. The number of nitrogens with zero attached hydrogens (tertiary/aromatic N) is 2. The fourth-order valence-electron chi connectivity index (χ4n) is 3.49. The molecule has 1 fully saturated rings. The van der Waals surface area contributed by atoms with E-state index < -0.39 is 0 Å². The van der Waals surface area contributed by atoms with E-state index in [9.17, 15) is 0 Å². The Morgan fingerprint density at radius 2 is 2.19 bits per heavy atom. The van der Waals surface area contributed by atoms with Crippen LogP contribution < -0.4 is 5.32 Å². The maximum absolute atomic E-state index is 6.07. The lowest BCUT2D eigenvalue weighted by Gasteiger charge is -2.44. The number of nitrogens with one attached hydrogen (secondary N) is 1. The van der Waals surface area contributed by atoms with Crippen LogP contribution in [0.4, 0.5) is 0 Å². The first-order valence-electron chi connectivity index (χ1n) is 8.36. The summed E-state index contributed by atoms with van der Waals surface area (Å²) in [5.41, 5.74) is 1.13. The van der Waals surface area contributed by atoms with Gasteiger partial charge in [0, 0.05) is 32.8 Å². The van der Waals surface area contributed by atoms with Gasteiger partial charge >= 0.3 is 0 Å². The molecule has 1 unspecified atom stereocenters. The lowest BCUT2D eigenvalue weighted by molar-refractivity contribution is -0.0747. The van der Waals surface area contributed by atoms with Gasteiger partial charge in [0.1, 0.15) is 0 Å². The SMILES string of the molecule is CCCNC(Cc1ccn(C)n1)C1(OC)CCC(C)CC1. The molecule has 4 nitrogen and oxygen atoms in total. The normalized spacial score (nSPS) is 27.7. The fourth-order valence-corrected chi connectivity index (χ4v) is 3.49. The Balaban J connectivity index is 2.12. The minimum Gasteiger partial charge on any atom is -0.377 e. The third-order valence-electron chi connectivity index (χ3n) is 4.99. The highest BCUT2D eigenvalue weighted by molar-refractivity contribution is 5.07.